The fourth-order valence-corrected chi connectivity index (χ4v) is 4.36. The molecule has 0 radical (unpaired) electrons. The summed E-state index contributed by atoms with van der Waals surface area (Å²) in [6, 6.07) is 3.55. The minimum atomic E-state index is -2.49. The minimum Gasteiger partial charge on any atom is -0.354 e. The summed E-state index contributed by atoms with van der Waals surface area (Å²) in [5, 5.41) is 9.64. The second kappa shape index (κ2) is 5.85. The number of nitriles is 1. The smallest absolute Gasteiger partial charge is 0.167 e. The number of rotatable bonds is 2. The number of hydrogen-bond donors (Lipinski definition) is 3. The summed E-state index contributed by atoms with van der Waals surface area (Å²) in [6.07, 6.45) is 1.56. The van der Waals surface area contributed by atoms with Gasteiger partial charge in [-0.3, -0.25) is 13.5 Å². The van der Waals surface area contributed by atoms with Gasteiger partial charge in [0.05, 0.1) is 16.5 Å². The molecule has 1 aliphatic rings. The number of nitrogens with zero attached hydrogens (tertiary/aromatic N) is 4. The van der Waals surface area contributed by atoms with Crippen molar-refractivity contribution < 1.29 is 9.11 Å². The average Bonchev–Trinajstić information content (AvgIpc) is 2.92. The normalized spacial score (nSPS) is 20.3. The summed E-state index contributed by atoms with van der Waals surface area (Å²) >= 11 is 6.33. The van der Waals surface area contributed by atoms with E-state index >= 15 is 0 Å². The third-order valence-electron chi connectivity index (χ3n) is 4.03. The van der Waals surface area contributed by atoms with Gasteiger partial charge < -0.3 is 10.6 Å². The molecule has 0 spiro atoms. The zero-order valence-electron chi connectivity index (χ0n) is 12.6. The van der Waals surface area contributed by atoms with E-state index in [1.54, 1.807) is 16.8 Å². The van der Waals surface area contributed by atoms with Crippen LogP contribution in [0.5, 0.6) is 0 Å². The topological polar surface area (TPSA) is 111 Å². The molecule has 9 heteroatoms. The van der Waals surface area contributed by atoms with Crippen LogP contribution in [-0.2, 0) is 0 Å². The van der Waals surface area contributed by atoms with E-state index in [9.17, 15) is 14.4 Å². The fraction of sp³-hybridized carbons (Fsp3) is 0.429. The molecule has 3 rings (SSSR count). The maximum absolute atomic E-state index is 9.82. The van der Waals surface area contributed by atoms with Crippen molar-refractivity contribution in [1.29, 1.82) is 5.26 Å². The monoisotopic (exact) mass is 355 g/mol. The van der Waals surface area contributed by atoms with Crippen molar-refractivity contribution in [1.82, 2.24) is 9.38 Å². The van der Waals surface area contributed by atoms with Crippen molar-refractivity contribution in [3.8, 4) is 6.07 Å². The first-order chi connectivity index (χ1) is 10.8. The van der Waals surface area contributed by atoms with E-state index < -0.39 is 10.6 Å². The largest absolute Gasteiger partial charge is 0.354 e. The molecule has 3 heterocycles. The first-order valence-corrected chi connectivity index (χ1v) is 9.44. The Morgan fingerprint density at radius 2 is 2.09 bits per heavy atom. The molecule has 2 aromatic rings. The maximum Gasteiger partial charge on any atom is 0.167 e. The Labute approximate surface area is 140 Å². The predicted octanol–water partition coefficient (Wildman–Crippen LogP) is 2.45. The number of anilines is 1. The lowest BCUT2D eigenvalue weighted by Crippen LogP contribution is -2.40. The molecule has 124 valence electrons. The lowest BCUT2D eigenvalue weighted by molar-refractivity contribution is 0.478. The molecule has 1 fully saturated rings. The molecule has 0 saturated carbocycles. The molecule has 1 aliphatic heterocycles. The molecule has 1 saturated heterocycles. The first kappa shape index (κ1) is 16.4. The highest BCUT2D eigenvalue weighted by Gasteiger charge is 2.27. The standard InChI is InChI=1S/C14H18ClN5O2S/c1-9(17)10-6-11(15)13-12(7-16)18-8-20(13)14(10)19-2-4-23(21,22)5-3-19/h6,8-9,21-22H,2-5,17H2,1H3. The Bertz CT molecular complexity index is 789. The van der Waals surface area contributed by atoms with Crippen molar-refractivity contribution in [2.24, 2.45) is 5.73 Å². The van der Waals surface area contributed by atoms with Crippen LogP contribution in [-0.4, -0.2) is 43.1 Å². The van der Waals surface area contributed by atoms with E-state index in [0.29, 0.717) is 35.1 Å². The second-order valence-corrected chi connectivity index (χ2v) is 8.51. The molecule has 1 unspecified atom stereocenters. The predicted molar refractivity (Wildman–Crippen MR) is 92.3 cm³/mol. The van der Waals surface area contributed by atoms with Gasteiger partial charge in [-0.2, -0.15) is 15.9 Å². The third kappa shape index (κ3) is 2.86. The molecule has 2 aromatic heterocycles. The molecular formula is C14H18ClN5O2S. The summed E-state index contributed by atoms with van der Waals surface area (Å²) < 4.78 is 21.4. The number of aromatic nitrogens is 2. The molecule has 7 nitrogen and oxygen atoms in total. The number of fused-ring (bicyclic) bond motifs is 1. The van der Waals surface area contributed by atoms with Crippen LogP contribution in [0.3, 0.4) is 0 Å². The first-order valence-electron chi connectivity index (χ1n) is 7.18. The van der Waals surface area contributed by atoms with E-state index in [1.807, 2.05) is 17.9 Å². The van der Waals surface area contributed by atoms with Gasteiger partial charge >= 0.3 is 0 Å². The molecule has 0 amide bonds. The van der Waals surface area contributed by atoms with E-state index in [0.717, 1.165) is 11.4 Å². The van der Waals surface area contributed by atoms with Gasteiger partial charge in [-0.1, -0.05) is 11.6 Å². The summed E-state index contributed by atoms with van der Waals surface area (Å²) in [5.74, 6) is 1.44. The Morgan fingerprint density at radius 1 is 1.43 bits per heavy atom. The Kier molecular flexibility index (Phi) is 4.16. The number of pyridine rings is 1. The van der Waals surface area contributed by atoms with Crippen molar-refractivity contribution in [3.05, 3.63) is 28.7 Å². The Morgan fingerprint density at radius 3 is 2.65 bits per heavy atom. The zero-order valence-corrected chi connectivity index (χ0v) is 14.2. The molecule has 1 atom stereocenters. The highest BCUT2D eigenvalue weighted by molar-refractivity contribution is 8.24. The van der Waals surface area contributed by atoms with Crippen molar-refractivity contribution in [2.75, 3.05) is 29.5 Å². The van der Waals surface area contributed by atoms with Gasteiger partial charge in [0.2, 0.25) is 0 Å². The van der Waals surface area contributed by atoms with Crippen LogP contribution < -0.4 is 10.6 Å². The molecular weight excluding hydrogens is 338 g/mol. The van der Waals surface area contributed by atoms with Crippen LogP contribution in [0.25, 0.3) is 5.52 Å². The van der Waals surface area contributed by atoms with Crippen molar-refractivity contribution in [3.63, 3.8) is 0 Å². The summed E-state index contributed by atoms with van der Waals surface area (Å²) in [7, 11) is -2.49. The minimum absolute atomic E-state index is 0.258. The van der Waals surface area contributed by atoms with Crippen molar-refractivity contribution in [2.45, 2.75) is 13.0 Å². The van der Waals surface area contributed by atoms with Gasteiger partial charge in [0, 0.05) is 24.7 Å². The summed E-state index contributed by atoms with van der Waals surface area (Å²) in [5.41, 5.74) is 7.74. The number of nitrogens with two attached hydrogens (primary N) is 1. The van der Waals surface area contributed by atoms with Crippen LogP contribution in [0.15, 0.2) is 12.4 Å². The lowest BCUT2D eigenvalue weighted by atomic mass is 10.1. The Hall–Kier alpha value is -1.50. The highest BCUT2D eigenvalue weighted by atomic mass is 35.5. The van der Waals surface area contributed by atoms with Gasteiger partial charge in [-0.25, -0.2) is 4.98 Å². The highest BCUT2D eigenvalue weighted by Crippen LogP contribution is 2.42. The Balaban J connectivity index is 2.18. The second-order valence-electron chi connectivity index (χ2n) is 5.68. The lowest BCUT2D eigenvalue weighted by Gasteiger charge is -2.42. The van der Waals surface area contributed by atoms with Gasteiger partial charge in [-0.05, 0) is 13.0 Å². The molecule has 0 aliphatic carbocycles. The number of halogens is 1. The molecule has 23 heavy (non-hydrogen) atoms. The quantitative estimate of drug-likeness (QED) is 0.763. The van der Waals surface area contributed by atoms with Gasteiger partial charge in [0.1, 0.15) is 23.7 Å². The average molecular weight is 356 g/mol. The number of imidazole rings is 1. The van der Waals surface area contributed by atoms with Crippen LogP contribution in [0.1, 0.15) is 24.2 Å². The van der Waals surface area contributed by atoms with Gasteiger partial charge in [-0.15, -0.1) is 0 Å². The summed E-state index contributed by atoms with van der Waals surface area (Å²) in [4.78, 5) is 6.16. The van der Waals surface area contributed by atoms with Crippen molar-refractivity contribution >= 4 is 33.5 Å². The van der Waals surface area contributed by atoms with E-state index in [4.69, 9.17) is 17.3 Å². The number of hydrogen-bond acceptors (Lipinski definition) is 6. The SMILES string of the molecule is CC(N)c1cc(Cl)c2c(C#N)ncn2c1N1CCS(O)(O)CC1. The molecule has 4 N–H and O–H groups in total. The van der Waals surface area contributed by atoms with E-state index in [2.05, 4.69) is 4.98 Å². The molecule has 0 bridgehead atoms. The van der Waals surface area contributed by atoms with Gasteiger partial charge in [0.25, 0.3) is 0 Å². The van der Waals surface area contributed by atoms with Crippen LogP contribution >= 0.6 is 22.2 Å². The van der Waals surface area contributed by atoms with E-state index in [1.165, 1.54) is 0 Å². The third-order valence-corrected chi connectivity index (χ3v) is 6.00. The zero-order chi connectivity index (χ0) is 16.8. The summed E-state index contributed by atoms with van der Waals surface area (Å²) in [6.45, 7) is 2.86. The van der Waals surface area contributed by atoms with Gasteiger partial charge in [0.15, 0.2) is 5.69 Å². The maximum atomic E-state index is 9.82. The van der Waals surface area contributed by atoms with Crippen LogP contribution in [0.2, 0.25) is 5.02 Å². The molecule has 0 aromatic carbocycles. The van der Waals surface area contributed by atoms with E-state index in [-0.39, 0.29) is 11.7 Å². The van der Waals surface area contributed by atoms with Crippen LogP contribution in [0.4, 0.5) is 5.82 Å². The fourth-order valence-electron chi connectivity index (χ4n) is 2.84. The van der Waals surface area contributed by atoms with Crippen LogP contribution in [0, 0.1) is 11.3 Å².